The molecule has 0 spiro atoms. The second-order valence-corrected chi connectivity index (χ2v) is 8.78. The van der Waals surface area contributed by atoms with Crippen LogP contribution in [-0.4, -0.2) is 49.9 Å². The average Bonchev–Trinajstić information content (AvgIpc) is 3.44. The van der Waals surface area contributed by atoms with Crippen molar-refractivity contribution in [1.82, 2.24) is 15.5 Å². The Hall–Kier alpha value is -2.73. The maximum absolute atomic E-state index is 14.4. The number of rotatable bonds is 9. The van der Waals surface area contributed by atoms with Gasteiger partial charge in [-0.2, -0.15) is 0 Å². The lowest BCUT2D eigenvalue weighted by atomic mass is 9.95. The molecule has 6 heteroatoms. The van der Waals surface area contributed by atoms with Crippen LogP contribution in [0.1, 0.15) is 41.8 Å². The molecule has 1 saturated carbocycles. The van der Waals surface area contributed by atoms with Crippen LogP contribution in [0.5, 0.6) is 0 Å². The van der Waals surface area contributed by atoms with Crippen molar-refractivity contribution >= 4 is 11.8 Å². The zero-order valence-corrected chi connectivity index (χ0v) is 18.7. The Morgan fingerprint density at radius 2 is 1.87 bits per heavy atom. The summed E-state index contributed by atoms with van der Waals surface area (Å²) in [7, 11) is 3.89. The van der Waals surface area contributed by atoms with E-state index in [4.69, 9.17) is 0 Å². The second-order valence-electron chi connectivity index (χ2n) is 8.78. The second kappa shape index (κ2) is 9.60. The Labute approximate surface area is 184 Å². The minimum Gasteiger partial charge on any atom is -0.354 e. The summed E-state index contributed by atoms with van der Waals surface area (Å²) in [4.78, 5) is 26.7. The summed E-state index contributed by atoms with van der Waals surface area (Å²) in [6.07, 6.45) is 1.42. The summed E-state index contributed by atoms with van der Waals surface area (Å²) in [6, 6.07) is 14.9. The fraction of sp³-hybridized carbons (Fsp3) is 0.440. The first-order valence-electron chi connectivity index (χ1n) is 10.8. The maximum atomic E-state index is 14.4. The number of likely N-dealkylation sites (N-methyl/N-ethyl adjacent to an activating group) is 1. The Kier molecular flexibility index (Phi) is 7.11. The molecule has 0 aromatic heterocycles. The van der Waals surface area contributed by atoms with E-state index in [0.29, 0.717) is 19.5 Å². The number of hydrogen-bond donors (Lipinski definition) is 2. The standard InChI is InChI=1S/C25H32FN3O2/c1-5-27-23(30)20-12-11-17(14-22(20)26)13-19(29(3)4)16-28-24(31)21-15-25(21,2)18-9-7-6-8-10-18/h6-12,14,19,21H,5,13,15-16H2,1-4H3,(H,27,30)(H,28,31)/t19-,21-,25-/m0/s1. The Morgan fingerprint density at radius 3 is 2.48 bits per heavy atom. The van der Waals surface area contributed by atoms with Gasteiger partial charge in [0.15, 0.2) is 0 Å². The van der Waals surface area contributed by atoms with Crippen LogP contribution in [0.4, 0.5) is 4.39 Å². The lowest BCUT2D eigenvalue weighted by Gasteiger charge is -2.25. The van der Waals surface area contributed by atoms with Gasteiger partial charge in [-0.3, -0.25) is 9.59 Å². The molecule has 0 bridgehead atoms. The van der Waals surface area contributed by atoms with Crippen LogP contribution in [0.25, 0.3) is 0 Å². The van der Waals surface area contributed by atoms with Gasteiger partial charge in [-0.15, -0.1) is 0 Å². The minimum absolute atomic E-state index is 0.0143. The number of carbonyl (C=O) groups excluding carboxylic acids is 2. The molecule has 3 rings (SSSR count). The number of carbonyl (C=O) groups is 2. The molecular weight excluding hydrogens is 393 g/mol. The van der Waals surface area contributed by atoms with Crippen LogP contribution >= 0.6 is 0 Å². The maximum Gasteiger partial charge on any atom is 0.254 e. The lowest BCUT2D eigenvalue weighted by molar-refractivity contribution is -0.122. The Balaban J connectivity index is 1.59. The zero-order valence-electron chi connectivity index (χ0n) is 18.7. The molecule has 31 heavy (non-hydrogen) atoms. The van der Waals surface area contributed by atoms with Gasteiger partial charge in [-0.05, 0) is 57.1 Å². The van der Waals surface area contributed by atoms with E-state index in [2.05, 4.69) is 29.7 Å². The van der Waals surface area contributed by atoms with Gasteiger partial charge in [0.05, 0.1) is 5.56 Å². The summed E-state index contributed by atoms with van der Waals surface area (Å²) in [5, 5.41) is 5.71. The van der Waals surface area contributed by atoms with E-state index < -0.39 is 11.7 Å². The van der Waals surface area contributed by atoms with Gasteiger partial charge in [-0.25, -0.2) is 4.39 Å². The molecule has 2 aromatic carbocycles. The van der Waals surface area contributed by atoms with Crippen molar-refractivity contribution < 1.29 is 14.0 Å². The van der Waals surface area contributed by atoms with Crippen molar-refractivity contribution in [3.8, 4) is 0 Å². The summed E-state index contributed by atoms with van der Waals surface area (Å²) < 4.78 is 14.4. The van der Waals surface area contributed by atoms with Gasteiger partial charge in [0.25, 0.3) is 5.91 Å². The van der Waals surface area contributed by atoms with Crippen LogP contribution < -0.4 is 10.6 Å². The van der Waals surface area contributed by atoms with Crippen LogP contribution in [0.3, 0.4) is 0 Å². The highest BCUT2D eigenvalue weighted by Crippen LogP contribution is 2.53. The van der Waals surface area contributed by atoms with Gasteiger partial charge < -0.3 is 15.5 Å². The smallest absolute Gasteiger partial charge is 0.254 e. The third kappa shape index (κ3) is 5.31. The first-order chi connectivity index (χ1) is 14.8. The summed E-state index contributed by atoms with van der Waals surface area (Å²) in [5.74, 6) is -0.891. The average molecular weight is 426 g/mol. The highest BCUT2D eigenvalue weighted by Gasteiger charge is 2.55. The molecule has 0 unspecified atom stereocenters. The van der Waals surface area contributed by atoms with E-state index in [0.717, 1.165) is 12.0 Å². The van der Waals surface area contributed by atoms with Gasteiger partial charge >= 0.3 is 0 Å². The van der Waals surface area contributed by atoms with E-state index >= 15 is 0 Å². The third-order valence-electron chi connectivity index (χ3n) is 6.32. The van der Waals surface area contributed by atoms with E-state index in [1.807, 2.05) is 37.2 Å². The Bertz CT molecular complexity index is 932. The molecule has 0 saturated heterocycles. The summed E-state index contributed by atoms with van der Waals surface area (Å²) in [5.41, 5.74) is 1.94. The van der Waals surface area contributed by atoms with Crippen LogP contribution in [0.15, 0.2) is 48.5 Å². The van der Waals surface area contributed by atoms with Crippen LogP contribution in [0.2, 0.25) is 0 Å². The molecule has 2 N–H and O–H groups in total. The highest BCUT2D eigenvalue weighted by atomic mass is 19.1. The van der Waals surface area contributed by atoms with E-state index in [1.54, 1.807) is 13.0 Å². The molecule has 0 heterocycles. The largest absolute Gasteiger partial charge is 0.354 e. The molecule has 1 aliphatic carbocycles. The van der Waals surface area contributed by atoms with Crippen molar-refractivity contribution in [2.24, 2.45) is 5.92 Å². The summed E-state index contributed by atoms with van der Waals surface area (Å²) in [6.45, 7) is 4.86. The number of halogens is 1. The molecule has 0 radical (unpaired) electrons. The van der Waals surface area contributed by atoms with Crippen molar-refractivity contribution in [2.75, 3.05) is 27.2 Å². The van der Waals surface area contributed by atoms with Gasteiger partial charge in [-0.1, -0.05) is 43.3 Å². The zero-order chi connectivity index (χ0) is 22.6. The monoisotopic (exact) mass is 425 g/mol. The summed E-state index contributed by atoms with van der Waals surface area (Å²) >= 11 is 0. The normalized spacial score (nSPS) is 20.9. The number of benzene rings is 2. The first-order valence-corrected chi connectivity index (χ1v) is 10.8. The van der Waals surface area contributed by atoms with E-state index in [9.17, 15) is 14.0 Å². The van der Waals surface area contributed by atoms with Crippen LogP contribution in [-0.2, 0) is 16.6 Å². The topological polar surface area (TPSA) is 61.4 Å². The quantitative estimate of drug-likeness (QED) is 0.649. The predicted molar refractivity (Wildman–Crippen MR) is 120 cm³/mol. The predicted octanol–water partition coefficient (Wildman–Crippen LogP) is 3.14. The molecule has 0 aliphatic heterocycles. The van der Waals surface area contributed by atoms with Crippen molar-refractivity contribution in [3.05, 3.63) is 71.0 Å². The third-order valence-corrected chi connectivity index (χ3v) is 6.32. The number of nitrogens with zero attached hydrogens (tertiary/aromatic N) is 1. The Morgan fingerprint density at radius 1 is 1.16 bits per heavy atom. The first kappa shape index (κ1) is 22.9. The fourth-order valence-corrected chi connectivity index (χ4v) is 4.06. The fourth-order valence-electron chi connectivity index (χ4n) is 4.06. The van der Waals surface area contributed by atoms with Crippen molar-refractivity contribution in [1.29, 1.82) is 0 Å². The molecule has 2 amide bonds. The van der Waals surface area contributed by atoms with Gasteiger partial charge in [0, 0.05) is 30.5 Å². The molecule has 2 aromatic rings. The number of nitrogens with one attached hydrogen (secondary N) is 2. The molecule has 3 atom stereocenters. The minimum atomic E-state index is -0.526. The van der Waals surface area contributed by atoms with Crippen LogP contribution in [0, 0.1) is 11.7 Å². The van der Waals surface area contributed by atoms with E-state index in [-0.39, 0.29) is 28.8 Å². The lowest BCUT2D eigenvalue weighted by Crippen LogP contribution is -2.42. The van der Waals surface area contributed by atoms with Crippen molar-refractivity contribution in [3.63, 3.8) is 0 Å². The molecule has 1 aliphatic rings. The molecule has 1 fully saturated rings. The highest BCUT2D eigenvalue weighted by molar-refractivity contribution is 5.94. The number of amides is 2. The van der Waals surface area contributed by atoms with E-state index in [1.165, 1.54) is 17.7 Å². The molecular formula is C25H32FN3O2. The van der Waals surface area contributed by atoms with Crippen molar-refractivity contribution in [2.45, 2.75) is 38.1 Å². The molecule has 5 nitrogen and oxygen atoms in total. The van der Waals surface area contributed by atoms with Gasteiger partial charge in [0.1, 0.15) is 5.82 Å². The number of hydrogen-bond acceptors (Lipinski definition) is 3. The van der Waals surface area contributed by atoms with Gasteiger partial charge in [0.2, 0.25) is 5.91 Å². The molecule has 166 valence electrons. The SMILES string of the molecule is CCNC(=O)c1ccc(C[C@@H](CNC(=O)[C@@H]2C[C@@]2(C)c2ccccc2)N(C)C)cc1F.